The second-order valence-electron chi connectivity index (χ2n) is 4.88. The average molecular weight is 267 g/mol. The second kappa shape index (κ2) is 6.57. The number of benzene rings is 1. The van der Waals surface area contributed by atoms with Gasteiger partial charge in [-0.05, 0) is 25.1 Å². The first-order chi connectivity index (χ1) is 8.69. The molecule has 0 saturated carbocycles. The minimum absolute atomic E-state index is 0.395. The summed E-state index contributed by atoms with van der Waals surface area (Å²) >= 11 is 1.95. The van der Waals surface area contributed by atoms with Crippen molar-refractivity contribution in [2.24, 2.45) is 0 Å². The van der Waals surface area contributed by atoms with Gasteiger partial charge in [0, 0.05) is 30.3 Å². The fourth-order valence-electron chi connectivity index (χ4n) is 2.38. The van der Waals surface area contributed by atoms with Crippen LogP contribution in [0.2, 0.25) is 0 Å². The Morgan fingerprint density at radius 1 is 1.50 bits per heavy atom. The fraction of sp³-hybridized carbons (Fsp3) is 0.571. The molecule has 1 heterocycles. The van der Waals surface area contributed by atoms with Crippen molar-refractivity contribution >= 4 is 11.8 Å². The fourth-order valence-corrected chi connectivity index (χ4v) is 3.79. The third-order valence-electron chi connectivity index (χ3n) is 3.11. The number of ether oxygens (including phenoxy) is 1. The van der Waals surface area contributed by atoms with E-state index in [0.29, 0.717) is 18.4 Å². The van der Waals surface area contributed by atoms with Gasteiger partial charge in [0.15, 0.2) is 0 Å². The van der Waals surface area contributed by atoms with Gasteiger partial charge in [0.05, 0.1) is 12.7 Å². The SMILES string of the molecule is COCC(O)CN(C)CC1Cc2ccccc2S1. The second-order valence-corrected chi connectivity index (χ2v) is 6.22. The number of methoxy groups -OCH3 is 1. The van der Waals surface area contributed by atoms with Gasteiger partial charge in [-0.3, -0.25) is 0 Å². The Morgan fingerprint density at radius 2 is 2.28 bits per heavy atom. The molecule has 0 aliphatic carbocycles. The first-order valence-corrected chi connectivity index (χ1v) is 7.17. The van der Waals surface area contributed by atoms with Gasteiger partial charge in [0.25, 0.3) is 0 Å². The van der Waals surface area contributed by atoms with Crippen molar-refractivity contribution in [3.05, 3.63) is 29.8 Å². The largest absolute Gasteiger partial charge is 0.389 e. The maximum Gasteiger partial charge on any atom is 0.0899 e. The molecule has 1 aliphatic heterocycles. The molecule has 2 atom stereocenters. The third-order valence-corrected chi connectivity index (χ3v) is 4.41. The van der Waals surface area contributed by atoms with Gasteiger partial charge in [-0.2, -0.15) is 0 Å². The van der Waals surface area contributed by atoms with Crippen LogP contribution in [-0.2, 0) is 11.2 Å². The number of hydrogen-bond acceptors (Lipinski definition) is 4. The van der Waals surface area contributed by atoms with Gasteiger partial charge in [0.1, 0.15) is 0 Å². The Morgan fingerprint density at radius 3 is 3.00 bits per heavy atom. The first-order valence-electron chi connectivity index (χ1n) is 6.29. The zero-order valence-corrected chi connectivity index (χ0v) is 11.8. The predicted molar refractivity (Wildman–Crippen MR) is 75.2 cm³/mol. The van der Waals surface area contributed by atoms with E-state index in [1.807, 2.05) is 11.8 Å². The number of rotatable bonds is 6. The third kappa shape index (κ3) is 3.72. The lowest BCUT2D eigenvalue weighted by atomic mass is 10.1. The summed E-state index contributed by atoms with van der Waals surface area (Å²) in [4.78, 5) is 3.60. The van der Waals surface area contributed by atoms with Crippen LogP contribution in [0.25, 0.3) is 0 Å². The van der Waals surface area contributed by atoms with Gasteiger partial charge < -0.3 is 14.7 Å². The first kappa shape index (κ1) is 13.9. The summed E-state index contributed by atoms with van der Waals surface area (Å²) in [5, 5.41) is 10.3. The Bertz CT molecular complexity index is 361. The van der Waals surface area contributed by atoms with Crippen molar-refractivity contribution < 1.29 is 9.84 Å². The summed E-state index contributed by atoms with van der Waals surface area (Å²) in [6.45, 7) is 2.07. The summed E-state index contributed by atoms with van der Waals surface area (Å²) in [6.07, 6.45) is 0.736. The molecule has 4 heteroatoms. The molecule has 0 spiro atoms. The molecule has 0 saturated heterocycles. The molecule has 18 heavy (non-hydrogen) atoms. The van der Waals surface area contributed by atoms with E-state index in [2.05, 4.69) is 36.2 Å². The van der Waals surface area contributed by atoms with Crippen molar-refractivity contribution in [1.82, 2.24) is 4.90 Å². The lowest BCUT2D eigenvalue weighted by molar-refractivity contribution is 0.0434. The van der Waals surface area contributed by atoms with Crippen LogP contribution in [-0.4, -0.2) is 55.2 Å². The highest BCUT2D eigenvalue weighted by Crippen LogP contribution is 2.36. The van der Waals surface area contributed by atoms with E-state index in [1.54, 1.807) is 7.11 Å². The lowest BCUT2D eigenvalue weighted by Crippen LogP contribution is -2.35. The Kier molecular flexibility index (Phi) is 5.06. The zero-order chi connectivity index (χ0) is 13.0. The molecule has 2 unspecified atom stereocenters. The molecule has 2 rings (SSSR count). The number of fused-ring (bicyclic) bond motifs is 1. The standard InChI is InChI=1S/C14H21NO2S/c1-15(8-12(16)10-17-2)9-13-7-11-5-3-4-6-14(11)18-13/h3-6,12-13,16H,7-10H2,1-2H3. The van der Waals surface area contributed by atoms with E-state index in [4.69, 9.17) is 4.74 Å². The van der Waals surface area contributed by atoms with E-state index in [-0.39, 0.29) is 0 Å². The molecule has 0 amide bonds. The molecule has 100 valence electrons. The van der Waals surface area contributed by atoms with Crippen LogP contribution in [0.4, 0.5) is 0 Å². The van der Waals surface area contributed by atoms with Crippen molar-refractivity contribution in [2.45, 2.75) is 22.7 Å². The molecule has 0 aromatic heterocycles. The normalized spacial score (nSPS) is 20.1. The van der Waals surface area contributed by atoms with E-state index in [1.165, 1.54) is 10.5 Å². The summed E-state index contributed by atoms with van der Waals surface area (Å²) in [5.41, 5.74) is 1.46. The summed E-state index contributed by atoms with van der Waals surface area (Å²) in [5.74, 6) is 0. The molecular formula is C14H21NO2S. The van der Waals surface area contributed by atoms with Crippen LogP contribution >= 0.6 is 11.8 Å². The predicted octanol–water partition coefficient (Wildman–Crippen LogP) is 1.64. The maximum absolute atomic E-state index is 9.69. The van der Waals surface area contributed by atoms with Gasteiger partial charge >= 0.3 is 0 Å². The van der Waals surface area contributed by atoms with Crippen molar-refractivity contribution in [3.8, 4) is 0 Å². The molecule has 0 radical (unpaired) electrons. The Hall–Kier alpha value is -0.550. The van der Waals surface area contributed by atoms with Crippen LogP contribution in [0.15, 0.2) is 29.2 Å². The topological polar surface area (TPSA) is 32.7 Å². The number of aliphatic hydroxyl groups is 1. The molecule has 1 aromatic rings. The van der Waals surface area contributed by atoms with Gasteiger partial charge in [0.2, 0.25) is 0 Å². The van der Waals surface area contributed by atoms with Gasteiger partial charge in [-0.15, -0.1) is 11.8 Å². The highest BCUT2D eigenvalue weighted by molar-refractivity contribution is 8.00. The van der Waals surface area contributed by atoms with E-state index >= 15 is 0 Å². The van der Waals surface area contributed by atoms with Crippen LogP contribution in [0.1, 0.15) is 5.56 Å². The molecular weight excluding hydrogens is 246 g/mol. The molecule has 1 aliphatic rings. The average Bonchev–Trinajstić information content (AvgIpc) is 2.70. The number of aliphatic hydroxyl groups excluding tert-OH is 1. The summed E-state index contributed by atoms with van der Waals surface area (Å²) < 4.78 is 4.94. The minimum atomic E-state index is -0.395. The molecule has 1 aromatic carbocycles. The monoisotopic (exact) mass is 267 g/mol. The maximum atomic E-state index is 9.69. The van der Waals surface area contributed by atoms with Crippen LogP contribution < -0.4 is 0 Å². The summed E-state index contributed by atoms with van der Waals surface area (Å²) in [6, 6.07) is 8.61. The number of nitrogens with zero attached hydrogens (tertiary/aromatic N) is 1. The van der Waals surface area contributed by atoms with Crippen molar-refractivity contribution in [1.29, 1.82) is 0 Å². The van der Waals surface area contributed by atoms with Gasteiger partial charge in [-0.25, -0.2) is 0 Å². The summed E-state index contributed by atoms with van der Waals surface area (Å²) in [7, 11) is 3.68. The molecule has 0 bridgehead atoms. The highest BCUT2D eigenvalue weighted by atomic mass is 32.2. The molecule has 3 nitrogen and oxygen atoms in total. The Balaban J connectivity index is 1.79. The minimum Gasteiger partial charge on any atom is -0.389 e. The lowest BCUT2D eigenvalue weighted by Gasteiger charge is -2.22. The Labute approximate surface area is 113 Å². The van der Waals surface area contributed by atoms with E-state index < -0.39 is 6.10 Å². The van der Waals surface area contributed by atoms with Crippen molar-refractivity contribution in [2.75, 3.05) is 33.9 Å². The zero-order valence-electron chi connectivity index (χ0n) is 11.0. The van der Waals surface area contributed by atoms with Crippen LogP contribution in [0.3, 0.4) is 0 Å². The van der Waals surface area contributed by atoms with E-state index in [9.17, 15) is 5.11 Å². The van der Waals surface area contributed by atoms with Crippen molar-refractivity contribution in [3.63, 3.8) is 0 Å². The van der Waals surface area contributed by atoms with Gasteiger partial charge in [-0.1, -0.05) is 18.2 Å². The van der Waals surface area contributed by atoms with Crippen LogP contribution in [0.5, 0.6) is 0 Å². The molecule has 0 fully saturated rings. The number of hydrogen-bond donors (Lipinski definition) is 1. The number of thioether (sulfide) groups is 1. The molecule has 1 N–H and O–H groups in total. The quantitative estimate of drug-likeness (QED) is 0.849. The highest BCUT2D eigenvalue weighted by Gasteiger charge is 2.23. The van der Waals surface area contributed by atoms with E-state index in [0.717, 1.165) is 13.0 Å². The number of likely N-dealkylation sites (N-methyl/N-ethyl adjacent to an activating group) is 1. The van der Waals surface area contributed by atoms with Crippen LogP contribution in [0, 0.1) is 0 Å². The smallest absolute Gasteiger partial charge is 0.0899 e.